The summed E-state index contributed by atoms with van der Waals surface area (Å²) in [6, 6.07) is 7.88. The molecular formula is C8H11BrN2O. The van der Waals surface area contributed by atoms with Crippen molar-refractivity contribution < 1.29 is 4.94 Å². The molecule has 0 aliphatic rings. The van der Waals surface area contributed by atoms with Crippen LogP contribution in [0, 0.1) is 0 Å². The summed E-state index contributed by atoms with van der Waals surface area (Å²) in [5.41, 5.74) is 2.11. The average Bonchev–Trinajstić information content (AvgIpc) is 2.16. The molecule has 0 radical (unpaired) electrons. The Balaban J connectivity index is 2.96. The molecule has 0 amide bonds. The maximum absolute atomic E-state index is 5.04. The SMILES string of the molecule is CN(ON)c1ccccc1CBr. The monoisotopic (exact) mass is 230 g/mol. The molecule has 0 spiro atoms. The molecule has 66 valence electrons. The van der Waals surface area contributed by atoms with Gasteiger partial charge in [-0.15, -0.1) is 0 Å². The number of nitrogens with zero attached hydrogens (tertiary/aromatic N) is 1. The Labute approximate surface area is 80.2 Å². The van der Waals surface area contributed by atoms with E-state index in [0.717, 1.165) is 16.6 Å². The lowest BCUT2D eigenvalue weighted by Crippen LogP contribution is -2.22. The number of benzene rings is 1. The molecule has 0 aromatic heterocycles. The molecule has 0 heterocycles. The second-order valence-electron chi connectivity index (χ2n) is 2.37. The van der Waals surface area contributed by atoms with Crippen LogP contribution in [0.25, 0.3) is 0 Å². The molecule has 1 rings (SSSR count). The third-order valence-corrected chi connectivity index (χ3v) is 2.24. The van der Waals surface area contributed by atoms with Gasteiger partial charge < -0.3 is 0 Å². The van der Waals surface area contributed by atoms with Crippen LogP contribution in [0.3, 0.4) is 0 Å². The van der Waals surface area contributed by atoms with Crippen LogP contribution in [-0.4, -0.2) is 7.05 Å². The number of hydrogen-bond donors (Lipinski definition) is 1. The fraction of sp³-hybridized carbons (Fsp3) is 0.250. The van der Waals surface area contributed by atoms with Gasteiger partial charge in [-0.1, -0.05) is 34.1 Å². The van der Waals surface area contributed by atoms with E-state index in [1.54, 1.807) is 7.05 Å². The van der Waals surface area contributed by atoms with Crippen LogP contribution in [0.1, 0.15) is 5.56 Å². The molecule has 0 saturated heterocycles. The van der Waals surface area contributed by atoms with Gasteiger partial charge in [0.1, 0.15) is 0 Å². The maximum atomic E-state index is 5.04. The van der Waals surface area contributed by atoms with Gasteiger partial charge in [-0.25, -0.2) is 5.06 Å². The van der Waals surface area contributed by atoms with Crippen LogP contribution >= 0.6 is 15.9 Å². The molecule has 0 fully saturated rings. The lowest BCUT2D eigenvalue weighted by molar-refractivity contribution is 0.124. The summed E-state index contributed by atoms with van der Waals surface area (Å²) < 4.78 is 0. The van der Waals surface area contributed by atoms with E-state index in [1.165, 1.54) is 5.06 Å². The minimum atomic E-state index is 0.789. The summed E-state index contributed by atoms with van der Waals surface area (Å²) in [7, 11) is 1.77. The van der Waals surface area contributed by atoms with Crippen molar-refractivity contribution >= 4 is 21.6 Å². The van der Waals surface area contributed by atoms with E-state index in [0.29, 0.717) is 0 Å². The van der Waals surface area contributed by atoms with Gasteiger partial charge in [0.05, 0.1) is 5.69 Å². The van der Waals surface area contributed by atoms with Crippen molar-refractivity contribution in [1.29, 1.82) is 0 Å². The smallest absolute Gasteiger partial charge is 0.0692 e. The number of alkyl halides is 1. The largest absolute Gasteiger partial charge is 0.238 e. The Kier molecular flexibility index (Phi) is 3.52. The van der Waals surface area contributed by atoms with Crippen molar-refractivity contribution in [3.8, 4) is 0 Å². The topological polar surface area (TPSA) is 38.5 Å². The first-order valence-electron chi connectivity index (χ1n) is 3.54. The van der Waals surface area contributed by atoms with Crippen LogP contribution in [0.4, 0.5) is 5.69 Å². The lowest BCUT2D eigenvalue weighted by Gasteiger charge is -2.17. The van der Waals surface area contributed by atoms with E-state index in [-0.39, 0.29) is 0 Å². The summed E-state index contributed by atoms with van der Waals surface area (Å²) >= 11 is 3.38. The molecule has 3 nitrogen and oxygen atoms in total. The van der Waals surface area contributed by atoms with Gasteiger partial charge in [0.25, 0.3) is 0 Å². The van der Waals surface area contributed by atoms with E-state index in [9.17, 15) is 0 Å². The van der Waals surface area contributed by atoms with E-state index >= 15 is 0 Å². The third kappa shape index (κ3) is 1.97. The van der Waals surface area contributed by atoms with Crippen molar-refractivity contribution in [2.75, 3.05) is 12.1 Å². The number of hydrogen-bond acceptors (Lipinski definition) is 3. The summed E-state index contributed by atoms with van der Waals surface area (Å²) in [6.45, 7) is 0. The van der Waals surface area contributed by atoms with Crippen molar-refractivity contribution in [1.82, 2.24) is 0 Å². The summed E-state index contributed by atoms with van der Waals surface area (Å²) in [5.74, 6) is 5.04. The second-order valence-corrected chi connectivity index (χ2v) is 2.93. The normalized spacial score (nSPS) is 9.92. The van der Waals surface area contributed by atoms with Crippen LogP contribution in [0.5, 0.6) is 0 Å². The standard InChI is InChI=1S/C8H11BrN2O/c1-11(12-10)8-5-3-2-4-7(8)6-9/h2-5H,6,10H2,1H3. The van der Waals surface area contributed by atoms with Gasteiger partial charge in [-0.05, 0) is 11.6 Å². The zero-order valence-corrected chi connectivity index (χ0v) is 8.41. The van der Waals surface area contributed by atoms with Crippen LogP contribution in [0.2, 0.25) is 0 Å². The zero-order valence-electron chi connectivity index (χ0n) is 6.83. The Hall–Kier alpha value is -0.580. The van der Waals surface area contributed by atoms with Gasteiger partial charge in [-0.2, -0.15) is 10.8 Å². The predicted molar refractivity (Wildman–Crippen MR) is 52.7 cm³/mol. The predicted octanol–water partition coefficient (Wildman–Crippen LogP) is 1.82. The van der Waals surface area contributed by atoms with Crippen molar-refractivity contribution in [3.05, 3.63) is 29.8 Å². The molecule has 0 atom stereocenters. The zero-order chi connectivity index (χ0) is 8.97. The number of para-hydroxylation sites is 1. The highest BCUT2D eigenvalue weighted by Crippen LogP contribution is 2.20. The van der Waals surface area contributed by atoms with E-state index < -0.39 is 0 Å². The highest BCUT2D eigenvalue weighted by atomic mass is 79.9. The number of rotatable bonds is 3. The van der Waals surface area contributed by atoms with Crippen molar-refractivity contribution in [2.24, 2.45) is 5.90 Å². The quantitative estimate of drug-likeness (QED) is 0.637. The van der Waals surface area contributed by atoms with Crippen molar-refractivity contribution in [3.63, 3.8) is 0 Å². The number of halogens is 1. The molecular weight excluding hydrogens is 220 g/mol. The Bertz CT molecular complexity index is 255. The fourth-order valence-electron chi connectivity index (χ4n) is 0.988. The molecule has 1 aromatic carbocycles. The molecule has 0 bridgehead atoms. The highest BCUT2D eigenvalue weighted by Gasteiger charge is 2.04. The van der Waals surface area contributed by atoms with Gasteiger partial charge in [0.15, 0.2) is 0 Å². The van der Waals surface area contributed by atoms with Crippen LogP contribution in [-0.2, 0) is 10.3 Å². The first-order valence-corrected chi connectivity index (χ1v) is 4.66. The molecule has 12 heavy (non-hydrogen) atoms. The van der Waals surface area contributed by atoms with Gasteiger partial charge in [-0.3, -0.25) is 0 Å². The Morgan fingerprint density at radius 3 is 2.75 bits per heavy atom. The van der Waals surface area contributed by atoms with Gasteiger partial charge >= 0.3 is 0 Å². The molecule has 0 aliphatic heterocycles. The molecule has 2 N–H and O–H groups in total. The highest BCUT2D eigenvalue weighted by molar-refractivity contribution is 9.08. The second kappa shape index (κ2) is 4.45. The van der Waals surface area contributed by atoms with Crippen LogP contribution < -0.4 is 11.0 Å². The molecule has 1 aromatic rings. The van der Waals surface area contributed by atoms with Crippen LogP contribution in [0.15, 0.2) is 24.3 Å². The molecule has 4 heteroatoms. The Morgan fingerprint density at radius 1 is 1.50 bits per heavy atom. The van der Waals surface area contributed by atoms with Gasteiger partial charge in [0.2, 0.25) is 0 Å². The molecule has 0 aliphatic carbocycles. The first-order chi connectivity index (χ1) is 5.79. The number of anilines is 1. The van der Waals surface area contributed by atoms with E-state index in [4.69, 9.17) is 5.90 Å². The number of nitrogens with two attached hydrogens (primary N) is 1. The third-order valence-electron chi connectivity index (χ3n) is 1.63. The summed E-state index contributed by atoms with van der Waals surface area (Å²) in [4.78, 5) is 4.59. The fourth-order valence-corrected chi connectivity index (χ4v) is 1.46. The average molecular weight is 231 g/mol. The van der Waals surface area contributed by atoms with Gasteiger partial charge in [0, 0.05) is 12.4 Å². The van der Waals surface area contributed by atoms with E-state index in [1.807, 2.05) is 24.3 Å². The molecule has 0 saturated carbocycles. The minimum absolute atomic E-state index is 0.789. The summed E-state index contributed by atoms with van der Waals surface area (Å²) in [6.07, 6.45) is 0. The molecule has 0 unspecified atom stereocenters. The first kappa shape index (κ1) is 9.51. The minimum Gasteiger partial charge on any atom is -0.238 e. The number of hydroxylamine groups is 1. The summed E-state index contributed by atoms with van der Waals surface area (Å²) in [5, 5.41) is 2.31. The van der Waals surface area contributed by atoms with Crippen molar-refractivity contribution in [2.45, 2.75) is 5.33 Å². The van der Waals surface area contributed by atoms with E-state index in [2.05, 4.69) is 20.9 Å². The maximum Gasteiger partial charge on any atom is 0.0692 e. The lowest BCUT2D eigenvalue weighted by atomic mass is 10.2. The Morgan fingerprint density at radius 2 is 2.17 bits per heavy atom.